The van der Waals surface area contributed by atoms with E-state index in [4.69, 9.17) is 4.52 Å². The standard InChI is InChI=1S/C15H20N4O/c1-10-15(11(2)20-19-10)14-7-13(17-9-18-14)6-12-4-3-5-16-8-12/h7,9,12,16H,3-6,8H2,1-2H3/t12-/m0/s1. The van der Waals surface area contributed by atoms with Crippen molar-refractivity contribution in [3.8, 4) is 11.3 Å². The van der Waals surface area contributed by atoms with E-state index in [1.165, 1.54) is 12.8 Å². The minimum atomic E-state index is 0.677. The summed E-state index contributed by atoms with van der Waals surface area (Å²) in [6, 6.07) is 2.07. The van der Waals surface area contributed by atoms with Gasteiger partial charge in [0, 0.05) is 5.69 Å². The maximum atomic E-state index is 5.22. The van der Waals surface area contributed by atoms with Crippen LogP contribution in [0.3, 0.4) is 0 Å². The van der Waals surface area contributed by atoms with Crippen LogP contribution in [0.15, 0.2) is 16.9 Å². The molecule has 2 aromatic rings. The second-order valence-electron chi connectivity index (χ2n) is 5.51. The quantitative estimate of drug-likeness (QED) is 0.928. The molecule has 106 valence electrons. The van der Waals surface area contributed by atoms with Crippen molar-refractivity contribution in [2.75, 3.05) is 13.1 Å². The molecule has 3 rings (SSSR count). The molecule has 2 aromatic heterocycles. The van der Waals surface area contributed by atoms with Crippen molar-refractivity contribution in [2.24, 2.45) is 5.92 Å². The normalized spacial score (nSPS) is 19.2. The molecule has 1 fully saturated rings. The van der Waals surface area contributed by atoms with E-state index in [1.807, 2.05) is 13.8 Å². The Hall–Kier alpha value is -1.75. The Morgan fingerprint density at radius 1 is 1.35 bits per heavy atom. The Labute approximate surface area is 118 Å². The molecule has 0 aliphatic carbocycles. The maximum absolute atomic E-state index is 5.22. The van der Waals surface area contributed by atoms with E-state index in [2.05, 4.69) is 26.5 Å². The summed E-state index contributed by atoms with van der Waals surface area (Å²) >= 11 is 0. The van der Waals surface area contributed by atoms with Crippen LogP contribution >= 0.6 is 0 Å². The van der Waals surface area contributed by atoms with E-state index in [0.717, 1.165) is 47.9 Å². The average Bonchev–Trinajstić information content (AvgIpc) is 2.80. The van der Waals surface area contributed by atoms with Crippen LogP contribution in [0.1, 0.15) is 30.0 Å². The molecule has 0 saturated carbocycles. The number of rotatable bonds is 3. The van der Waals surface area contributed by atoms with Crippen LogP contribution in [-0.2, 0) is 6.42 Å². The van der Waals surface area contributed by atoms with Crippen LogP contribution < -0.4 is 5.32 Å². The molecule has 5 nitrogen and oxygen atoms in total. The number of aromatic nitrogens is 3. The first-order valence-corrected chi connectivity index (χ1v) is 7.19. The van der Waals surface area contributed by atoms with Gasteiger partial charge < -0.3 is 9.84 Å². The van der Waals surface area contributed by atoms with Crippen molar-refractivity contribution in [2.45, 2.75) is 33.1 Å². The van der Waals surface area contributed by atoms with E-state index < -0.39 is 0 Å². The van der Waals surface area contributed by atoms with Gasteiger partial charge in [0.15, 0.2) is 0 Å². The predicted molar refractivity (Wildman–Crippen MR) is 76.3 cm³/mol. The summed E-state index contributed by atoms with van der Waals surface area (Å²) in [5.41, 5.74) is 3.89. The number of hydrogen-bond donors (Lipinski definition) is 1. The fraction of sp³-hybridized carbons (Fsp3) is 0.533. The van der Waals surface area contributed by atoms with Crippen molar-refractivity contribution >= 4 is 0 Å². The molecule has 1 atom stereocenters. The Kier molecular flexibility index (Phi) is 3.78. The predicted octanol–water partition coefficient (Wildman–Crippen LogP) is 2.29. The average molecular weight is 272 g/mol. The molecule has 0 unspecified atom stereocenters. The highest BCUT2D eigenvalue weighted by atomic mass is 16.5. The zero-order chi connectivity index (χ0) is 13.9. The number of nitrogens with zero attached hydrogens (tertiary/aromatic N) is 3. The van der Waals surface area contributed by atoms with Gasteiger partial charge in [0.1, 0.15) is 12.1 Å². The van der Waals surface area contributed by atoms with Crippen molar-refractivity contribution < 1.29 is 4.52 Å². The summed E-state index contributed by atoms with van der Waals surface area (Å²) < 4.78 is 5.22. The van der Waals surface area contributed by atoms with Gasteiger partial charge in [-0.05, 0) is 58.2 Å². The molecule has 1 aliphatic rings. The molecular weight excluding hydrogens is 252 g/mol. The van der Waals surface area contributed by atoms with E-state index in [1.54, 1.807) is 6.33 Å². The highest BCUT2D eigenvalue weighted by Gasteiger charge is 2.17. The molecular formula is C15H20N4O. The fourth-order valence-electron chi connectivity index (χ4n) is 2.89. The second kappa shape index (κ2) is 5.71. The lowest BCUT2D eigenvalue weighted by atomic mass is 9.94. The fourth-order valence-corrected chi connectivity index (χ4v) is 2.89. The largest absolute Gasteiger partial charge is 0.361 e. The number of aryl methyl sites for hydroxylation is 2. The third-order valence-corrected chi connectivity index (χ3v) is 3.91. The summed E-state index contributed by atoms with van der Waals surface area (Å²) in [5, 5.41) is 7.44. The molecule has 20 heavy (non-hydrogen) atoms. The van der Waals surface area contributed by atoms with Gasteiger partial charge >= 0.3 is 0 Å². The van der Waals surface area contributed by atoms with E-state index in [0.29, 0.717) is 5.92 Å². The SMILES string of the molecule is Cc1noc(C)c1-c1cc(C[C@@H]2CCCNC2)ncn1. The molecule has 3 heterocycles. The maximum Gasteiger partial charge on any atom is 0.143 e. The van der Waals surface area contributed by atoms with E-state index >= 15 is 0 Å². The summed E-state index contributed by atoms with van der Waals surface area (Å²) in [6.45, 7) is 6.09. The van der Waals surface area contributed by atoms with E-state index in [-0.39, 0.29) is 0 Å². The van der Waals surface area contributed by atoms with Crippen LogP contribution in [0.4, 0.5) is 0 Å². The molecule has 0 spiro atoms. The third-order valence-electron chi connectivity index (χ3n) is 3.91. The first-order chi connectivity index (χ1) is 9.74. The zero-order valence-electron chi connectivity index (χ0n) is 12.0. The van der Waals surface area contributed by atoms with Crippen LogP contribution in [-0.4, -0.2) is 28.2 Å². The summed E-state index contributed by atoms with van der Waals surface area (Å²) in [7, 11) is 0. The Balaban J connectivity index is 1.82. The van der Waals surface area contributed by atoms with Gasteiger partial charge in [-0.2, -0.15) is 0 Å². The van der Waals surface area contributed by atoms with Crippen molar-refractivity contribution in [1.29, 1.82) is 0 Å². The minimum Gasteiger partial charge on any atom is -0.361 e. The number of hydrogen-bond acceptors (Lipinski definition) is 5. The number of nitrogens with one attached hydrogen (secondary N) is 1. The highest BCUT2D eigenvalue weighted by molar-refractivity contribution is 5.63. The topological polar surface area (TPSA) is 63.8 Å². The Bertz CT molecular complexity index is 568. The van der Waals surface area contributed by atoms with Gasteiger partial charge in [0.2, 0.25) is 0 Å². The lowest BCUT2D eigenvalue weighted by Gasteiger charge is -2.22. The van der Waals surface area contributed by atoms with Crippen LogP contribution in [0, 0.1) is 19.8 Å². The first-order valence-electron chi connectivity index (χ1n) is 7.19. The summed E-state index contributed by atoms with van der Waals surface area (Å²) in [6.07, 6.45) is 5.18. The van der Waals surface area contributed by atoms with Crippen molar-refractivity contribution in [1.82, 2.24) is 20.4 Å². The molecule has 1 aliphatic heterocycles. The monoisotopic (exact) mass is 272 g/mol. The Morgan fingerprint density at radius 2 is 2.25 bits per heavy atom. The molecule has 0 amide bonds. The van der Waals surface area contributed by atoms with Crippen molar-refractivity contribution in [3.05, 3.63) is 29.5 Å². The van der Waals surface area contributed by atoms with Crippen LogP contribution in [0.5, 0.6) is 0 Å². The van der Waals surface area contributed by atoms with Gasteiger partial charge in [-0.25, -0.2) is 9.97 Å². The van der Waals surface area contributed by atoms with Gasteiger partial charge in [0.05, 0.1) is 17.0 Å². The molecule has 5 heteroatoms. The van der Waals surface area contributed by atoms with Crippen molar-refractivity contribution in [3.63, 3.8) is 0 Å². The molecule has 1 saturated heterocycles. The Morgan fingerprint density at radius 3 is 2.95 bits per heavy atom. The number of piperidine rings is 1. The van der Waals surface area contributed by atoms with Crippen LogP contribution in [0.2, 0.25) is 0 Å². The first kappa shape index (κ1) is 13.2. The zero-order valence-corrected chi connectivity index (χ0v) is 12.0. The highest BCUT2D eigenvalue weighted by Crippen LogP contribution is 2.25. The molecule has 1 N–H and O–H groups in total. The van der Waals surface area contributed by atoms with Gasteiger partial charge in [-0.15, -0.1) is 0 Å². The summed E-state index contributed by atoms with van der Waals surface area (Å²) in [4.78, 5) is 8.78. The molecule has 0 aromatic carbocycles. The summed E-state index contributed by atoms with van der Waals surface area (Å²) in [5.74, 6) is 1.49. The molecule has 0 radical (unpaired) electrons. The smallest absolute Gasteiger partial charge is 0.143 e. The molecule has 0 bridgehead atoms. The van der Waals surface area contributed by atoms with Gasteiger partial charge in [-0.1, -0.05) is 5.16 Å². The minimum absolute atomic E-state index is 0.677. The second-order valence-corrected chi connectivity index (χ2v) is 5.51. The van der Waals surface area contributed by atoms with Gasteiger partial charge in [-0.3, -0.25) is 0 Å². The third kappa shape index (κ3) is 2.72. The van der Waals surface area contributed by atoms with E-state index in [9.17, 15) is 0 Å². The lowest BCUT2D eigenvalue weighted by molar-refractivity contribution is 0.373. The lowest BCUT2D eigenvalue weighted by Crippen LogP contribution is -2.31. The van der Waals surface area contributed by atoms with Gasteiger partial charge in [0.25, 0.3) is 0 Å². The van der Waals surface area contributed by atoms with Crippen LogP contribution in [0.25, 0.3) is 11.3 Å².